The van der Waals surface area contributed by atoms with Gasteiger partial charge in [0.25, 0.3) is 5.91 Å². The third kappa shape index (κ3) is 4.71. The molecule has 1 aliphatic rings. The molecule has 0 heterocycles. The van der Waals surface area contributed by atoms with E-state index in [1.165, 1.54) is 24.8 Å². The molecule has 1 N–H and O–H groups in total. The maximum atomic E-state index is 12.0. The van der Waals surface area contributed by atoms with Crippen LogP contribution in [0.1, 0.15) is 55.8 Å². The van der Waals surface area contributed by atoms with Crippen LogP contribution in [-0.4, -0.2) is 11.6 Å². The van der Waals surface area contributed by atoms with E-state index in [0.29, 0.717) is 10.6 Å². The lowest BCUT2D eigenvalue weighted by atomic mass is 10.1. The molecule has 0 fully saturated rings. The third-order valence-electron chi connectivity index (χ3n) is 3.59. The molecule has 4 heteroatoms. The van der Waals surface area contributed by atoms with Crippen LogP contribution < -0.4 is 5.43 Å². The van der Waals surface area contributed by atoms with Crippen LogP contribution in [0, 0.1) is 0 Å². The van der Waals surface area contributed by atoms with Crippen molar-refractivity contribution in [3.05, 3.63) is 46.5 Å². The number of halogens is 1. The summed E-state index contributed by atoms with van der Waals surface area (Å²) in [5.41, 5.74) is 5.53. The van der Waals surface area contributed by atoms with Gasteiger partial charge in [0, 0.05) is 10.6 Å². The molecule has 21 heavy (non-hydrogen) atoms. The van der Waals surface area contributed by atoms with Gasteiger partial charge < -0.3 is 0 Å². The lowest BCUT2D eigenvalue weighted by Crippen LogP contribution is -2.19. The predicted molar refractivity (Wildman–Crippen MR) is 87.8 cm³/mol. The summed E-state index contributed by atoms with van der Waals surface area (Å²) in [7, 11) is 0. The fourth-order valence-electron chi connectivity index (χ4n) is 2.39. The SMILES string of the molecule is CCCCCC1=CCCC1=NNC(=O)c1ccc(Cl)cc1. The molecule has 0 aliphatic heterocycles. The molecule has 3 nitrogen and oxygen atoms in total. The Morgan fingerprint density at radius 2 is 2.05 bits per heavy atom. The Labute approximate surface area is 131 Å². The average molecular weight is 305 g/mol. The molecule has 1 amide bonds. The first-order valence-corrected chi connectivity index (χ1v) is 7.90. The number of allylic oxidation sites excluding steroid dienone is 2. The number of hydrogen-bond acceptors (Lipinski definition) is 2. The number of benzene rings is 1. The van der Waals surface area contributed by atoms with Crippen molar-refractivity contribution in [2.24, 2.45) is 5.10 Å². The van der Waals surface area contributed by atoms with Gasteiger partial charge in [0.1, 0.15) is 0 Å². The van der Waals surface area contributed by atoms with E-state index in [1.54, 1.807) is 24.3 Å². The zero-order valence-corrected chi connectivity index (χ0v) is 13.1. The average Bonchev–Trinajstić information content (AvgIpc) is 2.93. The number of carbonyl (C=O) groups is 1. The van der Waals surface area contributed by atoms with Crippen molar-refractivity contribution < 1.29 is 4.79 Å². The van der Waals surface area contributed by atoms with Crippen LogP contribution in [0.25, 0.3) is 0 Å². The van der Waals surface area contributed by atoms with Crippen molar-refractivity contribution in [2.45, 2.75) is 45.4 Å². The summed E-state index contributed by atoms with van der Waals surface area (Å²) < 4.78 is 0. The van der Waals surface area contributed by atoms with Crippen LogP contribution in [0.4, 0.5) is 0 Å². The van der Waals surface area contributed by atoms with Gasteiger partial charge in [-0.05, 0) is 55.5 Å². The highest BCUT2D eigenvalue weighted by Gasteiger charge is 2.13. The minimum Gasteiger partial charge on any atom is -0.267 e. The monoisotopic (exact) mass is 304 g/mol. The summed E-state index contributed by atoms with van der Waals surface area (Å²) in [6.45, 7) is 2.20. The largest absolute Gasteiger partial charge is 0.271 e. The van der Waals surface area contributed by atoms with Gasteiger partial charge in [-0.25, -0.2) is 5.43 Å². The molecule has 112 valence electrons. The van der Waals surface area contributed by atoms with Crippen LogP contribution in [0.2, 0.25) is 5.02 Å². The Bertz CT molecular complexity index is 546. The number of unbranched alkanes of at least 4 members (excludes halogenated alkanes) is 2. The van der Waals surface area contributed by atoms with Gasteiger partial charge in [0.05, 0.1) is 5.71 Å². The van der Waals surface area contributed by atoms with Crippen LogP contribution in [0.15, 0.2) is 41.0 Å². The quantitative estimate of drug-likeness (QED) is 0.599. The summed E-state index contributed by atoms with van der Waals surface area (Å²) in [5, 5.41) is 4.92. The second-order valence-electron chi connectivity index (χ2n) is 5.23. The van der Waals surface area contributed by atoms with Crippen LogP contribution >= 0.6 is 11.6 Å². The Hall–Kier alpha value is -1.61. The lowest BCUT2D eigenvalue weighted by molar-refractivity contribution is 0.0955. The number of carbonyl (C=O) groups excluding carboxylic acids is 1. The number of amides is 1. The summed E-state index contributed by atoms with van der Waals surface area (Å²) in [5.74, 6) is -0.195. The van der Waals surface area contributed by atoms with E-state index in [0.717, 1.165) is 25.0 Å². The van der Waals surface area contributed by atoms with Gasteiger partial charge in [-0.3, -0.25) is 4.79 Å². The molecule has 0 unspecified atom stereocenters. The molecule has 0 spiro atoms. The van der Waals surface area contributed by atoms with Gasteiger partial charge in [0.15, 0.2) is 0 Å². The van der Waals surface area contributed by atoms with Crippen molar-refractivity contribution in [3.63, 3.8) is 0 Å². The number of hydrogen-bond donors (Lipinski definition) is 1. The van der Waals surface area contributed by atoms with Crippen molar-refractivity contribution in [1.82, 2.24) is 5.43 Å². The first-order chi connectivity index (χ1) is 10.2. The first-order valence-electron chi connectivity index (χ1n) is 7.52. The molecule has 1 aromatic carbocycles. The normalized spacial score (nSPS) is 16.1. The summed E-state index contributed by atoms with van der Waals surface area (Å²) in [6, 6.07) is 6.81. The van der Waals surface area contributed by atoms with Gasteiger partial charge in [-0.15, -0.1) is 0 Å². The molecule has 0 saturated heterocycles. The van der Waals surface area contributed by atoms with E-state index < -0.39 is 0 Å². The third-order valence-corrected chi connectivity index (χ3v) is 3.84. The maximum absolute atomic E-state index is 12.0. The minimum absolute atomic E-state index is 0.195. The smallest absolute Gasteiger partial charge is 0.267 e. The van der Waals surface area contributed by atoms with Gasteiger partial charge in [0.2, 0.25) is 0 Å². The van der Waals surface area contributed by atoms with Crippen LogP contribution in [0.5, 0.6) is 0 Å². The topological polar surface area (TPSA) is 41.5 Å². The Kier molecular flexibility index (Phi) is 6.00. The molecule has 1 aliphatic carbocycles. The standard InChI is InChI=1S/C17H21ClN2O/c1-2-3-4-6-13-7-5-8-16(13)19-20-17(21)14-9-11-15(18)12-10-14/h7,9-12H,2-6,8H2,1H3,(H,20,21). The number of nitrogens with zero attached hydrogens (tertiary/aromatic N) is 1. The molecular formula is C17H21ClN2O. The summed E-state index contributed by atoms with van der Waals surface area (Å²) in [4.78, 5) is 12.0. The van der Waals surface area contributed by atoms with Crippen molar-refractivity contribution in [1.29, 1.82) is 0 Å². The molecular weight excluding hydrogens is 284 g/mol. The molecule has 0 aromatic heterocycles. The Morgan fingerprint density at radius 3 is 2.76 bits per heavy atom. The molecule has 0 radical (unpaired) electrons. The molecule has 0 bridgehead atoms. The van der Waals surface area contributed by atoms with Gasteiger partial charge in [-0.2, -0.15) is 5.10 Å². The number of nitrogens with one attached hydrogen (secondary N) is 1. The van der Waals surface area contributed by atoms with Gasteiger partial charge in [-0.1, -0.05) is 37.4 Å². The summed E-state index contributed by atoms with van der Waals surface area (Å²) in [6.07, 6.45) is 8.88. The maximum Gasteiger partial charge on any atom is 0.271 e. The fraction of sp³-hybridized carbons (Fsp3) is 0.412. The predicted octanol–water partition coefficient (Wildman–Crippen LogP) is 4.73. The second-order valence-corrected chi connectivity index (χ2v) is 5.67. The lowest BCUT2D eigenvalue weighted by Gasteiger charge is -2.06. The van der Waals surface area contributed by atoms with E-state index in [4.69, 9.17) is 11.6 Å². The van der Waals surface area contributed by atoms with E-state index in [-0.39, 0.29) is 5.91 Å². The highest BCUT2D eigenvalue weighted by Crippen LogP contribution is 2.21. The fourth-order valence-corrected chi connectivity index (χ4v) is 2.51. The van der Waals surface area contributed by atoms with E-state index in [1.807, 2.05) is 0 Å². The minimum atomic E-state index is -0.195. The molecule has 0 saturated carbocycles. The summed E-state index contributed by atoms with van der Waals surface area (Å²) >= 11 is 5.81. The second kappa shape index (κ2) is 7.99. The molecule has 1 aromatic rings. The van der Waals surface area contributed by atoms with Gasteiger partial charge >= 0.3 is 0 Å². The highest BCUT2D eigenvalue weighted by molar-refractivity contribution is 6.30. The van der Waals surface area contributed by atoms with Crippen LogP contribution in [-0.2, 0) is 0 Å². The Balaban J connectivity index is 1.92. The zero-order valence-electron chi connectivity index (χ0n) is 12.4. The van der Waals surface area contributed by atoms with E-state index in [2.05, 4.69) is 23.5 Å². The zero-order chi connectivity index (χ0) is 15.1. The van der Waals surface area contributed by atoms with E-state index >= 15 is 0 Å². The number of rotatable bonds is 6. The van der Waals surface area contributed by atoms with Crippen molar-refractivity contribution in [2.75, 3.05) is 0 Å². The Morgan fingerprint density at radius 1 is 1.29 bits per heavy atom. The molecule has 2 rings (SSSR count). The highest BCUT2D eigenvalue weighted by atomic mass is 35.5. The number of hydrazone groups is 1. The van der Waals surface area contributed by atoms with Crippen LogP contribution in [0.3, 0.4) is 0 Å². The van der Waals surface area contributed by atoms with Crippen molar-refractivity contribution in [3.8, 4) is 0 Å². The van der Waals surface area contributed by atoms with Crippen molar-refractivity contribution >= 4 is 23.2 Å². The molecule has 0 atom stereocenters. The van der Waals surface area contributed by atoms with E-state index in [9.17, 15) is 4.79 Å². The first kappa shape index (κ1) is 15.8.